The SMILES string of the molecule is CO[C@@H]1C[C@H](C[C@@H](C)[C@@H]2CC(=O)C(C)=CC(C)[C@@H](O)[C@@H](OC)C(=O)[C@H](C)C[C@H](C)C=CC=CC=C(C)[C@@H](O)C[C@@H]3CC[C@@H](C)[C@@](O)(O3)C(=O)C(=O)N3CCCC[C@H]3C(=O)O2)CC[C@H]1O. The molecule has 1 unspecified atom stereocenters. The van der Waals surface area contributed by atoms with Crippen LogP contribution in [0.2, 0.25) is 0 Å². The molecule has 0 spiro atoms. The van der Waals surface area contributed by atoms with Crippen LogP contribution in [0.15, 0.2) is 47.6 Å². The van der Waals surface area contributed by atoms with Gasteiger partial charge in [-0.1, -0.05) is 71.1 Å². The van der Waals surface area contributed by atoms with E-state index in [-0.39, 0.29) is 61.2 Å². The average Bonchev–Trinajstić information content (AvgIpc) is 3.26. The number of hydrogen-bond donors (Lipinski definition) is 4. The molecule has 3 aliphatic heterocycles. The first-order valence-corrected chi connectivity index (χ1v) is 23.5. The van der Waals surface area contributed by atoms with E-state index in [9.17, 15) is 44.4 Å². The minimum Gasteiger partial charge on any atom is -0.460 e. The molecule has 3 fully saturated rings. The lowest BCUT2D eigenvalue weighted by atomic mass is 9.78. The number of aliphatic hydroxyl groups excluding tert-OH is 3. The smallest absolute Gasteiger partial charge is 0.329 e. The minimum atomic E-state index is -2.48. The highest BCUT2D eigenvalue weighted by Gasteiger charge is 2.53. The Morgan fingerprint density at radius 1 is 0.875 bits per heavy atom. The number of allylic oxidation sites excluding steroid dienone is 6. The van der Waals surface area contributed by atoms with Crippen molar-refractivity contribution in [3.8, 4) is 0 Å². The van der Waals surface area contributed by atoms with Crippen molar-refractivity contribution in [1.29, 1.82) is 0 Å². The van der Waals surface area contributed by atoms with Crippen molar-refractivity contribution in [3.05, 3.63) is 47.6 Å². The molecular formula is C50H77NO13. The van der Waals surface area contributed by atoms with Gasteiger partial charge in [-0.2, -0.15) is 0 Å². The van der Waals surface area contributed by atoms with Gasteiger partial charge in [-0.05, 0) is 107 Å². The fourth-order valence-corrected chi connectivity index (χ4v) is 9.87. The number of amides is 1. The number of nitrogens with zero attached hydrogens (tertiary/aromatic N) is 1. The van der Waals surface area contributed by atoms with Crippen LogP contribution in [-0.4, -0.2) is 130 Å². The van der Waals surface area contributed by atoms with Gasteiger partial charge in [0.1, 0.15) is 18.2 Å². The Hall–Kier alpha value is -3.37. The number of rotatable bonds is 5. The predicted molar refractivity (Wildman–Crippen MR) is 240 cm³/mol. The van der Waals surface area contributed by atoms with Crippen molar-refractivity contribution in [3.63, 3.8) is 0 Å². The highest BCUT2D eigenvalue weighted by Crippen LogP contribution is 2.37. The van der Waals surface area contributed by atoms with Crippen LogP contribution in [0.1, 0.15) is 126 Å². The zero-order valence-electron chi connectivity index (χ0n) is 39.6. The van der Waals surface area contributed by atoms with E-state index in [2.05, 4.69) is 0 Å². The summed E-state index contributed by atoms with van der Waals surface area (Å²) in [6, 6.07) is -1.16. The first-order chi connectivity index (χ1) is 30.2. The number of ketones is 3. The van der Waals surface area contributed by atoms with E-state index in [0.29, 0.717) is 68.9 Å². The van der Waals surface area contributed by atoms with Crippen molar-refractivity contribution < 1.29 is 63.3 Å². The van der Waals surface area contributed by atoms with Crippen LogP contribution in [0, 0.1) is 35.5 Å². The van der Waals surface area contributed by atoms with Crippen molar-refractivity contribution in [2.24, 2.45) is 35.5 Å². The number of hydrogen-bond acceptors (Lipinski definition) is 13. The first kappa shape index (κ1) is 53.2. The highest BCUT2D eigenvalue weighted by atomic mass is 16.6. The molecule has 1 saturated carbocycles. The van der Waals surface area contributed by atoms with Gasteiger partial charge in [0.15, 0.2) is 11.6 Å². The van der Waals surface area contributed by atoms with E-state index in [1.165, 1.54) is 7.11 Å². The van der Waals surface area contributed by atoms with Crippen LogP contribution in [0.3, 0.4) is 0 Å². The summed E-state index contributed by atoms with van der Waals surface area (Å²) in [5, 5.41) is 44.8. The molecule has 4 N–H and O–H groups in total. The van der Waals surface area contributed by atoms with Crippen molar-refractivity contribution in [2.75, 3.05) is 20.8 Å². The van der Waals surface area contributed by atoms with Crippen molar-refractivity contribution in [1.82, 2.24) is 4.90 Å². The van der Waals surface area contributed by atoms with E-state index in [1.807, 2.05) is 32.1 Å². The Morgan fingerprint density at radius 2 is 1.59 bits per heavy atom. The monoisotopic (exact) mass is 900 g/mol. The summed E-state index contributed by atoms with van der Waals surface area (Å²) >= 11 is 0. The van der Waals surface area contributed by atoms with Crippen molar-refractivity contribution in [2.45, 2.75) is 180 Å². The second-order valence-corrected chi connectivity index (χ2v) is 19.4. The Bertz CT molecular complexity index is 1740. The summed E-state index contributed by atoms with van der Waals surface area (Å²) in [5.41, 5.74) is 0.926. The Labute approximate surface area is 380 Å². The van der Waals surface area contributed by atoms with E-state index in [1.54, 1.807) is 60.0 Å². The van der Waals surface area contributed by atoms with Gasteiger partial charge in [0.05, 0.1) is 30.5 Å². The van der Waals surface area contributed by atoms with Crippen LogP contribution in [0.4, 0.5) is 0 Å². The summed E-state index contributed by atoms with van der Waals surface area (Å²) in [6.07, 6.45) is 9.58. The molecule has 14 nitrogen and oxygen atoms in total. The maximum atomic E-state index is 14.3. The zero-order valence-corrected chi connectivity index (χ0v) is 39.6. The Morgan fingerprint density at radius 3 is 2.28 bits per heavy atom. The highest BCUT2D eigenvalue weighted by molar-refractivity contribution is 6.39. The van der Waals surface area contributed by atoms with Crippen molar-refractivity contribution >= 4 is 29.2 Å². The molecule has 360 valence electrons. The van der Waals surface area contributed by atoms with Gasteiger partial charge >= 0.3 is 5.97 Å². The van der Waals surface area contributed by atoms with Crippen LogP contribution in [-0.2, 0) is 42.9 Å². The molecule has 14 heteroatoms. The molecule has 2 saturated heterocycles. The number of aliphatic hydroxyl groups is 4. The third-order valence-electron chi connectivity index (χ3n) is 14.2. The molecule has 0 radical (unpaired) electrons. The third-order valence-corrected chi connectivity index (χ3v) is 14.2. The summed E-state index contributed by atoms with van der Waals surface area (Å²) in [6.45, 7) is 12.5. The maximum Gasteiger partial charge on any atom is 0.329 e. The van der Waals surface area contributed by atoms with Crippen LogP contribution in [0.25, 0.3) is 0 Å². The zero-order chi connectivity index (χ0) is 47.5. The standard InChI is InChI=1S/C50H77NO13/c1-29-15-11-10-12-16-30(2)40(53)27-37-20-18-35(7)50(60,64-37)47(57)48(58)51-22-14-13-17-38(51)49(59)63-42(32(4)25-36-19-21-39(52)43(26-36)61-8)28-41(54)31(3)24-34(6)45(56)46(62-9)44(55)33(5)23-29/h10-12,15-16,24,29,32-40,42-43,45-46,52-53,56,60H,13-14,17-23,25-28H2,1-9H3/t29-,32-,33-,34?,35-,36+,37+,38+,39-,40+,42+,43-,45-,46+,50-/m1/s1. The number of carbonyl (C=O) groups is 5. The lowest BCUT2D eigenvalue weighted by Gasteiger charge is -2.42. The van der Waals surface area contributed by atoms with E-state index < -0.39 is 83.9 Å². The molecule has 1 aliphatic carbocycles. The number of methoxy groups -OCH3 is 2. The van der Waals surface area contributed by atoms with Gasteiger partial charge in [-0.25, -0.2) is 4.79 Å². The minimum absolute atomic E-state index is 0.00220. The maximum absolute atomic E-state index is 14.3. The number of carbonyl (C=O) groups excluding carboxylic acids is 5. The largest absolute Gasteiger partial charge is 0.460 e. The third kappa shape index (κ3) is 13.8. The fourth-order valence-electron chi connectivity index (χ4n) is 9.87. The predicted octanol–water partition coefficient (Wildman–Crippen LogP) is 5.53. The lowest BCUT2D eigenvalue weighted by Crippen LogP contribution is -2.61. The second-order valence-electron chi connectivity index (χ2n) is 19.4. The number of esters is 1. The molecule has 0 aromatic heterocycles. The summed E-state index contributed by atoms with van der Waals surface area (Å²) < 4.78 is 23.3. The van der Waals surface area contributed by atoms with Gasteiger partial charge < -0.3 is 44.3 Å². The Balaban J connectivity index is 1.69. The topological polar surface area (TPSA) is 206 Å². The molecular weight excluding hydrogens is 823 g/mol. The quantitative estimate of drug-likeness (QED) is 0.198. The van der Waals surface area contributed by atoms with E-state index >= 15 is 0 Å². The molecule has 15 atom stereocenters. The number of ether oxygens (including phenoxy) is 4. The molecule has 4 rings (SSSR count). The molecule has 1 amide bonds. The summed E-state index contributed by atoms with van der Waals surface area (Å²) in [4.78, 5) is 71.4. The second kappa shape index (κ2) is 24.4. The normalized spacial score (nSPS) is 38.2. The lowest BCUT2D eigenvalue weighted by molar-refractivity contribution is -0.265. The fraction of sp³-hybridized carbons (Fsp3) is 0.740. The average molecular weight is 900 g/mol. The van der Waals surface area contributed by atoms with Gasteiger partial charge in [-0.3, -0.25) is 19.2 Å². The van der Waals surface area contributed by atoms with Crippen LogP contribution >= 0.6 is 0 Å². The summed E-state index contributed by atoms with van der Waals surface area (Å²) in [7, 11) is 2.93. The molecule has 64 heavy (non-hydrogen) atoms. The molecule has 2 bridgehead atoms. The molecule has 3 heterocycles. The molecule has 0 aromatic rings. The van der Waals surface area contributed by atoms with E-state index in [0.717, 1.165) is 4.90 Å². The number of fused-ring (bicyclic) bond motifs is 3. The number of Topliss-reactive ketones (excluding diaryl/α,β-unsaturated/α-hetero) is 3. The first-order valence-electron chi connectivity index (χ1n) is 23.5. The molecule has 4 aliphatic rings. The number of cyclic esters (lactones) is 1. The summed E-state index contributed by atoms with van der Waals surface area (Å²) in [5.74, 6) is -8.22. The molecule has 0 aromatic carbocycles. The Kier molecular flexibility index (Phi) is 20.3. The van der Waals surface area contributed by atoms with E-state index in [4.69, 9.17) is 18.9 Å². The van der Waals surface area contributed by atoms with Gasteiger partial charge in [0.25, 0.3) is 11.7 Å². The van der Waals surface area contributed by atoms with Gasteiger partial charge in [0, 0.05) is 51.4 Å². The van der Waals surface area contributed by atoms with Gasteiger partial charge in [0.2, 0.25) is 5.79 Å². The van der Waals surface area contributed by atoms with Crippen LogP contribution < -0.4 is 0 Å². The van der Waals surface area contributed by atoms with Crippen LogP contribution in [0.5, 0.6) is 0 Å². The van der Waals surface area contributed by atoms with Gasteiger partial charge in [-0.15, -0.1) is 0 Å². The number of piperidine rings is 1.